The van der Waals surface area contributed by atoms with Crippen LogP contribution in [-0.2, 0) is 16.0 Å². The van der Waals surface area contributed by atoms with E-state index in [0.717, 1.165) is 32.4 Å². The van der Waals surface area contributed by atoms with Gasteiger partial charge in [0, 0.05) is 35.6 Å². The van der Waals surface area contributed by atoms with E-state index in [4.69, 9.17) is 4.74 Å². The molecule has 4 nitrogen and oxygen atoms in total. The van der Waals surface area contributed by atoms with Crippen molar-refractivity contribution in [1.29, 1.82) is 0 Å². The van der Waals surface area contributed by atoms with Crippen LogP contribution in [0.15, 0.2) is 24.4 Å². The van der Waals surface area contributed by atoms with E-state index in [1.54, 1.807) is 0 Å². The summed E-state index contributed by atoms with van der Waals surface area (Å²) >= 11 is 0. The number of hydrogen-bond donors (Lipinski definition) is 1. The Morgan fingerprint density at radius 2 is 2.30 bits per heavy atom. The molecular weight excluding hydrogens is 288 g/mol. The molecule has 122 valence electrons. The van der Waals surface area contributed by atoms with E-state index >= 15 is 0 Å². The molecule has 1 aliphatic heterocycles. The average Bonchev–Trinajstić information content (AvgIpc) is 2.99. The Labute approximate surface area is 136 Å². The number of nitrogens with zero attached hydrogens (tertiary/aromatic N) is 1. The van der Waals surface area contributed by atoms with Crippen molar-refractivity contribution in [3.05, 3.63) is 35.5 Å². The Balaban J connectivity index is 1.77. The van der Waals surface area contributed by atoms with Gasteiger partial charge in [-0.3, -0.25) is 9.69 Å². The number of fused-ring (bicyclic) bond motifs is 2. The Hall–Kier alpha value is -1.81. The van der Waals surface area contributed by atoms with Crippen LogP contribution in [0.3, 0.4) is 0 Å². The van der Waals surface area contributed by atoms with Gasteiger partial charge in [-0.15, -0.1) is 0 Å². The number of carbonyl (C=O) groups is 1. The molecule has 2 aromatic rings. The molecule has 1 fully saturated rings. The Bertz CT molecular complexity index is 736. The van der Waals surface area contributed by atoms with Crippen LogP contribution in [0.5, 0.6) is 0 Å². The summed E-state index contributed by atoms with van der Waals surface area (Å²) in [5.41, 5.74) is 4.05. The van der Waals surface area contributed by atoms with Gasteiger partial charge in [0.25, 0.3) is 0 Å². The van der Waals surface area contributed by atoms with Gasteiger partial charge in [0.15, 0.2) is 0 Å². The smallest absolute Gasteiger partial charge is 0.309 e. The van der Waals surface area contributed by atoms with Gasteiger partial charge in [-0.25, -0.2) is 0 Å². The zero-order chi connectivity index (χ0) is 16.0. The number of aromatic amines is 1. The summed E-state index contributed by atoms with van der Waals surface area (Å²) in [7, 11) is 1.50. The maximum Gasteiger partial charge on any atom is 0.309 e. The van der Waals surface area contributed by atoms with E-state index < -0.39 is 0 Å². The fourth-order valence-electron chi connectivity index (χ4n) is 4.68. The molecule has 0 saturated carbocycles. The number of ether oxygens (including phenoxy) is 1. The fourth-order valence-corrected chi connectivity index (χ4v) is 4.68. The predicted octanol–water partition coefficient (Wildman–Crippen LogP) is 3.08. The van der Waals surface area contributed by atoms with Crippen LogP contribution in [-0.4, -0.2) is 42.1 Å². The van der Waals surface area contributed by atoms with Gasteiger partial charge in [0.2, 0.25) is 0 Å². The van der Waals surface area contributed by atoms with Crippen molar-refractivity contribution in [2.24, 2.45) is 5.92 Å². The van der Waals surface area contributed by atoms with Crippen LogP contribution >= 0.6 is 0 Å². The molecule has 1 aliphatic carbocycles. The van der Waals surface area contributed by atoms with E-state index in [2.05, 4.69) is 41.2 Å². The van der Waals surface area contributed by atoms with Crippen molar-refractivity contribution >= 4 is 16.9 Å². The highest BCUT2D eigenvalue weighted by atomic mass is 16.5. The molecule has 0 bridgehead atoms. The molecule has 2 heterocycles. The lowest BCUT2D eigenvalue weighted by Gasteiger charge is -2.46. The molecule has 1 aromatic carbocycles. The number of piperidine rings is 1. The second-order valence-corrected chi connectivity index (χ2v) is 6.91. The summed E-state index contributed by atoms with van der Waals surface area (Å²) in [6.45, 7) is 4.09. The second-order valence-electron chi connectivity index (χ2n) is 6.91. The van der Waals surface area contributed by atoms with Gasteiger partial charge in [-0.05, 0) is 43.0 Å². The molecule has 1 N–H and O–H groups in total. The van der Waals surface area contributed by atoms with E-state index in [-0.39, 0.29) is 11.9 Å². The van der Waals surface area contributed by atoms with Crippen LogP contribution in [0, 0.1) is 5.92 Å². The molecule has 0 spiro atoms. The first kappa shape index (κ1) is 14.8. The summed E-state index contributed by atoms with van der Waals surface area (Å²) in [6.07, 6.45) is 5.26. The lowest BCUT2D eigenvalue weighted by Crippen LogP contribution is -2.51. The van der Waals surface area contributed by atoms with Crippen molar-refractivity contribution in [2.45, 2.75) is 38.1 Å². The maximum atomic E-state index is 12.2. The summed E-state index contributed by atoms with van der Waals surface area (Å²) in [5, 5.41) is 1.38. The molecule has 2 aliphatic rings. The minimum absolute atomic E-state index is 0.0106. The van der Waals surface area contributed by atoms with Gasteiger partial charge >= 0.3 is 5.97 Å². The zero-order valence-corrected chi connectivity index (χ0v) is 13.8. The van der Waals surface area contributed by atoms with Crippen molar-refractivity contribution in [2.75, 3.05) is 20.2 Å². The monoisotopic (exact) mass is 312 g/mol. The molecule has 3 atom stereocenters. The quantitative estimate of drug-likeness (QED) is 0.886. The number of benzene rings is 1. The summed E-state index contributed by atoms with van der Waals surface area (Å²) in [6, 6.07) is 7.03. The average molecular weight is 312 g/mol. The van der Waals surface area contributed by atoms with Gasteiger partial charge < -0.3 is 9.72 Å². The first-order chi connectivity index (χ1) is 11.2. The molecule has 1 saturated heterocycles. The third kappa shape index (κ3) is 2.27. The number of H-pyrrole nitrogens is 1. The second kappa shape index (κ2) is 5.68. The minimum atomic E-state index is -0.0587. The summed E-state index contributed by atoms with van der Waals surface area (Å²) < 4.78 is 5.05. The van der Waals surface area contributed by atoms with Crippen molar-refractivity contribution in [1.82, 2.24) is 9.88 Å². The number of esters is 1. The van der Waals surface area contributed by atoms with Crippen LogP contribution in [0.2, 0.25) is 0 Å². The minimum Gasteiger partial charge on any atom is -0.469 e. The van der Waals surface area contributed by atoms with E-state index in [1.165, 1.54) is 29.1 Å². The van der Waals surface area contributed by atoms with E-state index in [0.29, 0.717) is 12.0 Å². The van der Waals surface area contributed by atoms with Gasteiger partial charge in [-0.2, -0.15) is 0 Å². The molecule has 1 unspecified atom stereocenters. The largest absolute Gasteiger partial charge is 0.469 e. The predicted molar refractivity (Wildman–Crippen MR) is 90.5 cm³/mol. The van der Waals surface area contributed by atoms with E-state index in [1.807, 2.05) is 0 Å². The number of methoxy groups -OCH3 is 1. The first-order valence-corrected chi connectivity index (χ1v) is 8.63. The first-order valence-electron chi connectivity index (χ1n) is 8.63. The molecule has 23 heavy (non-hydrogen) atoms. The highest BCUT2D eigenvalue weighted by Crippen LogP contribution is 2.44. The standard InChI is InChI=1S/C19H24N2O2/c1-3-7-21-11-13(19(22)23-2)8-15-14-5-4-6-16-18(14)12(10-20-16)9-17(15)21/h4-6,10,13,15,17,20H,3,7-9,11H2,1-2H3/t13?,15-,17-/m0/s1. The number of rotatable bonds is 3. The SMILES string of the molecule is CCCN1CC(C(=O)OC)C[C@H]2c3cccc4[nH]cc(c34)C[C@@H]21. The number of aromatic nitrogens is 1. The Morgan fingerprint density at radius 1 is 1.43 bits per heavy atom. The van der Waals surface area contributed by atoms with Crippen LogP contribution in [0.25, 0.3) is 10.9 Å². The highest BCUT2D eigenvalue weighted by molar-refractivity contribution is 5.88. The van der Waals surface area contributed by atoms with Gasteiger partial charge in [-0.1, -0.05) is 19.1 Å². The van der Waals surface area contributed by atoms with Crippen LogP contribution in [0.4, 0.5) is 0 Å². The molecule has 4 rings (SSSR count). The lowest BCUT2D eigenvalue weighted by molar-refractivity contribution is -0.148. The number of nitrogens with one attached hydrogen (secondary N) is 1. The van der Waals surface area contributed by atoms with Crippen LogP contribution in [0.1, 0.15) is 36.8 Å². The highest BCUT2D eigenvalue weighted by Gasteiger charge is 2.42. The number of carbonyl (C=O) groups excluding carboxylic acids is 1. The summed E-state index contributed by atoms with van der Waals surface area (Å²) in [4.78, 5) is 18.1. The normalized spacial score (nSPS) is 27.0. The molecule has 1 aromatic heterocycles. The van der Waals surface area contributed by atoms with E-state index in [9.17, 15) is 4.79 Å². The molecule has 0 amide bonds. The van der Waals surface area contributed by atoms with Gasteiger partial charge in [0.1, 0.15) is 0 Å². The lowest BCUT2D eigenvalue weighted by atomic mass is 9.72. The van der Waals surface area contributed by atoms with Crippen molar-refractivity contribution in [3.8, 4) is 0 Å². The van der Waals surface area contributed by atoms with Crippen molar-refractivity contribution < 1.29 is 9.53 Å². The Kier molecular flexibility index (Phi) is 3.64. The number of hydrogen-bond acceptors (Lipinski definition) is 3. The van der Waals surface area contributed by atoms with Crippen LogP contribution < -0.4 is 0 Å². The summed E-state index contributed by atoms with van der Waals surface area (Å²) in [5.74, 6) is 0.353. The zero-order valence-electron chi connectivity index (χ0n) is 13.8. The third-order valence-electron chi connectivity index (χ3n) is 5.62. The Morgan fingerprint density at radius 3 is 3.09 bits per heavy atom. The number of likely N-dealkylation sites (tertiary alicyclic amines) is 1. The molecular formula is C19H24N2O2. The van der Waals surface area contributed by atoms with Crippen molar-refractivity contribution in [3.63, 3.8) is 0 Å². The maximum absolute atomic E-state index is 12.2. The topological polar surface area (TPSA) is 45.3 Å². The molecule has 0 radical (unpaired) electrons. The molecule has 4 heteroatoms. The third-order valence-corrected chi connectivity index (χ3v) is 5.62. The van der Waals surface area contributed by atoms with Gasteiger partial charge in [0.05, 0.1) is 13.0 Å². The fraction of sp³-hybridized carbons (Fsp3) is 0.526.